The molecule has 0 aliphatic carbocycles. The fourth-order valence-corrected chi connectivity index (χ4v) is 5.98. The highest BCUT2D eigenvalue weighted by Crippen LogP contribution is 2.40. The highest BCUT2D eigenvalue weighted by Gasteiger charge is 2.17. The molecule has 0 bridgehead atoms. The first-order valence-corrected chi connectivity index (χ1v) is 13.3. The van der Waals surface area contributed by atoms with Crippen molar-refractivity contribution >= 4 is 49.0 Å². The molecule has 2 aromatic heterocycles. The van der Waals surface area contributed by atoms with Crippen molar-refractivity contribution in [3.05, 3.63) is 145 Å². The molecule has 0 saturated carbocycles. The minimum absolute atomic E-state index is 0.734. The molecule has 0 fully saturated rings. The van der Waals surface area contributed by atoms with Gasteiger partial charge in [-0.15, -0.1) is 18.3 Å². The van der Waals surface area contributed by atoms with Gasteiger partial charge in [-0.3, -0.25) is 4.98 Å². The predicted molar refractivity (Wildman–Crippen MR) is 164 cm³/mol. The van der Waals surface area contributed by atoms with E-state index in [1.54, 1.807) is 0 Å². The summed E-state index contributed by atoms with van der Waals surface area (Å²) in [5.41, 5.74) is 8.14. The minimum atomic E-state index is 0.734. The van der Waals surface area contributed by atoms with Crippen LogP contribution in [0, 0.1) is 0 Å². The number of allylic oxidation sites excluding steroid dienone is 2. The van der Waals surface area contributed by atoms with E-state index < -0.39 is 0 Å². The lowest BCUT2D eigenvalue weighted by Gasteiger charge is -2.26. The van der Waals surface area contributed by atoms with Crippen molar-refractivity contribution in [2.75, 3.05) is 6.54 Å². The number of rotatable bonds is 3. The van der Waals surface area contributed by atoms with Gasteiger partial charge in [0.2, 0.25) is 0 Å². The normalized spacial score (nSPS) is 13.3. The summed E-state index contributed by atoms with van der Waals surface area (Å²) >= 11 is 0. The average Bonchev–Trinajstić information content (AvgIpc) is 3.35. The fourth-order valence-electron chi connectivity index (χ4n) is 5.98. The molecule has 1 aliphatic heterocycles. The van der Waals surface area contributed by atoms with E-state index >= 15 is 0 Å². The smallest absolute Gasteiger partial charge is 0.0619 e. The molecule has 0 spiro atoms. The summed E-state index contributed by atoms with van der Waals surface area (Å²) in [6.07, 6.45) is 9.98. The zero-order valence-corrected chi connectivity index (χ0v) is 21.3. The third kappa shape index (κ3) is 3.48. The molecule has 0 saturated heterocycles. The highest BCUT2D eigenvalue weighted by atomic mass is 15.0. The van der Waals surface area contributed by atoms with Crippen LogP contribution in [-0.4, -0.2) is 16.1 Å². The SMILES string of the molecule is C1=CC[N-]C(c2ccc3c(ccc4c5ccc(-c6ccncc6)cc5n(-c5cccc6ccccc56)c34)c2)=C1. The first kappa shape index (κ1) is 21.9. The first-order chi connectivity index (χ1) is 19.3. The Bertz CT molecular complexity index is 2110. The van der Waals surface area contributed by atoms with Gasteiger partial charge in [-0.05, 0) is 57.8 Å². The Morgan fingerprint density at radius 2 is 1.44 bits per heavy atom. The van der Waals surface area contributed by atoms with E-state index in [0.717, 1.165) is 23.4 Å². The maximum Gasteiger partial charge on any atom is 0.0619 e. The third-order valence-electron chi connectivity index (χ3n) is 7.82. The van der Waals surface area contributed by atoms with Crippen LogP contribution in [0.5, 0.6) is 0 Å². The average molecular weight is 499 g/mol. The maximum absolute atomic E-state index is 4.71. The van der Waals surface area contributed by atoms with E-state index in [9.17, 15) is 0 Å². The second kappa shape index (κ2) is 8.71. The molecule has 0 unspecified atom stereocenters. The van der Waals surface area contributed by atoms with Gasteiger partial charge < -0.3 is 9.88 Å². The van der Waals surface area contributed by atoms with Crippen LogP contribution in [-0.2, 0) is 0 Å². The number of nitrogens with zero attached hydrogens (tertiary/aromatic N) is 3. The van der Waals surface area contributed by atoms with Crippen LogP contribution < -0.4 is 0 Å². The maximum atomic E-state index is 4.71. The quantitative estimate of drug-likeness (QED) is 0.239. The van der Waals surface area contributed by atoms with Crippen LogP contribution in [0.4, 0.5) is 0 Å². The lowest BCUT2D eigenvalue weighted by atomic mass is 10.0. The van der Waals surface area contributed by atoms with Gasteiger partial charge in [0, 0.05) is 33.9 Å². The van der Waals surface area contributed by atoms with Gasteiger partial charge in [0.1, 0.15) is 0 Å². The van der Waals surface area contributed by atoms with E-state index in [2.05, 4.69) is 131 Å². The summed E-state index contributed by atoms with van der Waals surface area (Å²) in [4.78, 5) is 4.22. The van der Waals surface area contributed by atoms with Crippen LogP contribution in [0.1, 0.15) is 5.56 Å². The monoisotopic (exact) mass is 498 g/mol. The van der Waals surface area contributed by atoms with Crippen LogP contribution in [0.15, 0.2) is 134 Å². The first-order valence-electron chi connectivity index (χ1n) is 13.3. The van der Waals surface area contributed by atoms with Crippen LogP contribution in [0.2, 0.25) is 0 Å². The predicted octanol–water partition coefficient (Wildman–Crippen LogP) is 9.44. The molecule has 1 aliphatic rings. The van der Waals surface area contributed by atoms with E-state index in [1.807, 2.05) is 12.4 Å². The lowest BCUT2D eigenvalue weighted by Crippen LogP contribution is -1.96. The summed E-state index contributed by atoms with van der Waals surface area (Å²) in [5.74, 6) is 0. The number of benzene rings is 5. The van der Waals surface area contributed by atoms with Gasteiger partial charge in [0.25, 0.3) is 0 Å². The molecule has 0 amide bonds. The highest BCUT2D eigenvalue weighted by molar-refractivity contribution is 6.20. The number of aromatic nitrogens is 2. The van der Waals surface area contributed by atoms with Gasteiger partial charge >= 0.3 is 0 Å². The van der Waals surface area contributed by atoms with Crippen molar-refractivity contribution in [2.45, 2.75) is 0 Å². The molecule has 3 heterocycles. The summed E-state index contributed by atoms with van der Waals surface area (Å²) in [7, 11) is 0. The van der Waals surface area contributed by atoms with Gasteiger partial charge in [-0.2, -0.15) is 0 Å². The number of hydrogen-bond acceptors (Lipinski definition) is 1. The third-order valence-corrected chi connectivity index (χ3v) is 7.82. The molecular formula is C36H24N3-. The largest absolute Gasteiger partial charge is 0.681 e. The van der Waals surface area contributed by atoms with Crippen molar-refractivity contribution in [1.29, 1.82) is 0 Å². The second-order valence-electron chi connectivity index (χ2n) is 10.0. The number of hydrogen-bond donors (Lipinski definition) is 0. The van der Waals surface area contributed by atoms with Crippen molar-refractivity contribution in [1.82, 2.24) is 9.55 Å². The Kier molecular flexibility index (Phi) is 4.89. The van der Waals surface area contributed by atoms with Crippen molar-refractivity contribution in [2.24, 2.45) is 0 Å². The number of fused-ring (bicyclic) bond motifs is 6. The molecule has 0 N–H and O–H groups in total. The van der Waals surface area contributed by atoms with Crippen molar-refractivity contribution in [3.63, 3.8) is 0 Å². The van der Waals surface area contributed by atoms with Crippen LogP contribution >= 0.6 is 0 Å². The van der Waals surface area contributed by atoms with Crippen LogP contribution in [0.3, 0.4) is 0 Å². The van der Waals surface area contributed by atoms with Crippen molar-refractivity contribution < 1.29 is 0 Å². The van der Waals surface area contributed by atoms with Crippen LogP contribution in [0.25, 0.3) is 71.2 Å². The molecule has 184 valence electrons. The van der Waals surface area contributed by atoms with Gasteiger partial charge in [0.05, 0.1) is 16.7 Å². The zero-order valence-electron chi connectivity index (χ0n) is 21.3. The Morgan fingerprint density at radius 1 is 0.615 bits per heavy atom. The molecule has 7 aromatic rings. The molecule has 3 heteroatoms. The molecular weight excluding hydrogens is 474 g/mol. The Morgan fingerprint density at radius 3 is 2.33 bits per heavy atom. The molecule has 0 radical (unpaired) electrons. The van der Waals surface area contributed by atoms with E-state index in [1.165, 1.54) is 54.6 Å². The van der Waals surface area contributed by atoms with E-state index in [0.29, 0.717) is 0 Å². The summed E-state index contributed by atoms with van der Waals surface area (Å²) < 4.78 is 2.46. The van der Waals surface area contributed by atoms with E-state index in [-0.39, 0.29) is 0 Å². The fraction of sp³-hybridized carbons (Fsp3) is 0.0278. The zero-order chi connectivity index (χ0) is 25.8. The standard InChI is InChI=1S/C36H24N3/c1-2-8-29-25(6-1)7-5-10-34(29)39-35-23-26(24-17-20-37-21-18-24)11-15-31(35)32-16-12-27-22-28(13-14-30(27)36(32)39)33-9-3-4-19-38-33/h1-18,20-23H,19H2/q-1. The molecule has 8 rings (SSSR count). The Hall–Kier alpha value is -5.15. The second-order valence-corrected chi connectivity index (χ2v) is 10.0. The Labute approximate surface area is 226 Å². The Balaban J connectivity index is 1.49. The summed E-state index contributed by atoms with van der Waals surface area (Å²) in [6.45, 7) is 0.734. The van der Waals surface area contributed by atoms with E-state index in [4.69, 9.17) is 5.32 Å². The lowest BCUT2D eigenvalue weighted by molar-refractivity contribution is 1.20. The molecule has 39 heavy (non-hydrogen) atoms. The summed E-state index contributed by atoms with van der Waals surface area (Å²) in [5, 5.41) is 12.1. The molecule has 0 atom stereocenters. The minimum Gasteiger partial charge on any atom is -0.681 e. The van der Waals surface area contributed by atoms with Gasteiger partial charge in [-0.25, -0.2) is 0 Å². The van der Waals surface area contributed by atoms with Gasteiger partial charge in [0.15, 0.2) is 0 Å². The summed E-state index contributed by atoms with van der Waals surface area (Å²) in [6, 6.07) is 37.5. The molecule has 3 nitrogen and oxygen atoms in total. The number of pyridine rings is 1. The molecule has 5 aromatic carbocycles. The van der Waals surface area contributed by atoms with Gasteiger partial charge in [-0.1, -0.05) is 84.9 Å². The topological polar surface area (TPSA) is 31.9 Å². The van der Waals surface area contributed by atoms with Crippen molar-refractivity contribution in [3.8, 4) is 16.8 Å².